The lowest BCUT2D eigenvalue weighted by Gasteiger charge is -2.23. The normalized spacial score (nSPS) is 21.9. The Balaban J connectivity index is 1.67. The summed E-state index contributed by atoms with van der Waals surface area (Å²) in [7, 11) is 3.41. The lowest BCUT2D eigenvalue weighted by molar-refractivity contribution is 0.0785. The highest BCUT2D eigenvalue weighted by molar-refractivity contribution is 5.95. The lowest BCUT2D eigenvalue weighted by atomic mass is 9.93. The van der Waals surface area contributed by atoms with Crippen molar-refractivity contribution in [2.24, 2.45) is 5.92 Å². The van der Waals surface area contributed by atoms with Crippen LogP contribution in [-0.2, 0) is 0 Å². The average molecular weight is 369 g/mol. The predicted molar refractivity (Wildman–Crippen MR) is 104 cm³/mol. The quantitative estimate of drug-likeness (QED) is 0.812. The van der Waals surface area contributed by atoms with Gasteiger partial charge in [0.05, 0.1) is 12.8 Å². The molecule has 1 saturated heterocycles. The Bertz CT molecular complexity index is 770. The SMILES string of the molecule is COc1ccc(-c2cccc(C(=O)N(C)CCC3C(C)NNC3C)c2)nn1. The molecule has 2 heterocycles. The average Bonchev–Trinajstić information content (AvgIpc) is 3.03. The fraction of sp³-hybridized carbons (Fsp3) is 0.450. The monoisotopic (exact) mass is 369 g/mol. The number of amides is 1. The fourth-order valence-corrected chi connectivity index (χ4v) is 3.47. The number of nitrogens with one attached hydrogen (secondary N) is 2. The molecule has 0 spiro atoms. The van der Waals surface area contributed by atoms with Gasteiger partial charge in [-0.25, -0.2) is 0 Å². The molecule has 1 aromatic carbocycles. The van der Waals surface area contributed by atoms with Gasteiger partial charge in [-0.15, -0.1) is 10.2 Å². The zero-order valence-electron chi connectivity index (χ0n) is 16.3. The van der Waals surface area contributed by atoms with Crippen LogP contribution < -0.4 is 15.6 Å². The maximum Gasteiger partial charge on any atom is 0.253 e. The maximum atomic E-state index is 12.8. The molecule has 1 aliphatic rings. The summed E-state index contributed by atoms with van der Waals surface area (Å²) >= 11 is 0. The van der Waals surface area contributed by atoms with Crippen LogP contribution in [0.3, 0.4) is 0 Å². The van der Waals surface area contributed by atoms with Crippen molar-refractivity contribution in [2.75, 3.05) is 20.7 Å². The summed E-state index contributed by atoms with van der Waals surface area (Å²) in [6.45, 7) is 5.05. The number of ether oxygens (including phenoxy) is 1. The first-order valence-electron chi connectivity index (χ1n) is 9.24. The molecule has 2 atom stereocenters. The Morgan fingerprint density at radius 2 is 1.89 bits per heavy atom. The molecule has 27 heavy (non-hydrogen) atoms. The van der Waals surface area contributed by atoms with Crippen molar-refractivity contribution >= 4 is 5.91 Å². The Labute approximate surface area is 160 Å². The molecule has 3 rings (SSSR count). The summed E-state index contributed by atoms with van der Waals surface area (Å²) in [4.78, 5) is 14.6. The molecule has 2 unspecified atom stereocenters. The minimum Gasteiger partial charge on any atom is -0.480 e. The Kier molecular flexibility index (Phi) is 6.03. The van der Waals surface area contributed by atoms with Gasteiger partial charge in [-0.3, -0.25) is 15.6 Å². The first kappa shape index (κ1) is 19.3. The van der Waals surface area contributed by atoms with Crippen molar-refractivity contribution in [3.05, 3.63) is 42.0 Å². The van der Waals surface area contributed by atoms with Crippen molar-refractivity contribution < 1.29 is 9.53 Å². The molecule has 7 nitrogen and oxygen atoms in total. The number of carbonyl (C=O) groups is 1. The second-order valence-corrected chi connectivity index (χ2v) is 7.09. The van der Waals surface area contributed by atoms with Gasteiger partial charge in [0.15, 0.2) is 0 Å². The molecule has 0 bridgehead atoms. The zero-order valence-corrected chi connectivity index (χ0v) is 16.3. The largest absolute Gasteiger partial charge is 0.480 e. The van der Waals surface area contributed by atoms with E-state index in [1.807, 2.05) is 37.4 Å². The summed E-state index contributed by atoms with van der Waals surface area (Å²) in [5.74, 6) is 0.976. The first-order chi connectivity index (χ1) is 13.0. The third kappa shape index (κ3) is 4.43. The first-order valence-corrected chi connectivity index (χ1v) is 9.24. The van der Waals surface area contributed by atoms with E-state index in [1.165, 1.54) is 0 Å². The lowest BCUT2D eigenvalue weighted by Crippen LogP contribution is -2.32. The number of methoxy groups -OCH3 is 1. The van der Waals surface area contributed by atoms with E-state index < -0.39 is 0 Å². The third-order valence-corrected chi connectivity index (χ3v) is 5.22. The van der Waals surface area contributed by atoms with Crippen LogP contribution in [-0.4, -0.2) is 53.8 Å². The van der Waals surface area contributed by atoms with Gasteiger partial charge < -0.3 is 9.64 Å². The van der Waals surface area contributed by atoms with Gasteiger partial charge >= 0.3 is 0 Å². The maximum absolute atomic E-state index is 12.8. The third-order valence-electron chi connectivity index (χ3n) is 5.22. The van der Waals surface area contributed by atoms with Gasteiger partial charge in [0.25, 0.3) is 5.91 Å². The van der Waals surface area contributed by atoms with Gasteiger partial charge in [-0.2, -0.15) is 0 Å². The van der Waals surface area contributed by atoms with Crippen LogP contribution in [0.2, 0.25) is 0 Å². The van der Waals surface area contributed by atoms with Crippen molar-refractivity contribution in [2.45, 2.75) is 32.4 Å². The second kappa shape index (κ2) is 8.45. The topological polar surface area (TPSA) is 79.4 Å². The Hall–Kier alpha value is -2.51. The molecule has 2 aromatic rings. The highest BCUT2D eigenvalue weighted by Crippen LogP contribution is 2.21. The smallest absolute Gasteiger partial charge is 0.253 e. The van der Waals surface area contributed by atoms with Crippen LogP contribution in [0.1, 0.15) is 30.6 Å². The van der Waals surface area contributed by atoms with Gasteiger partial charge in [0, 0.05) is 42.9 Å². The van der Waals surface area contributed by atoms with Crippen molar-refractivity contribution in [3.63, 3.8) is 0 Å². The number of hydrazine groups is 1. The molecule has 0 radical (unpaired) electrons. The van der Waals surface area contributed by atoms with E-state index in [1.54, 1.807) is 18.1 Å². The van der Waals surface area contributed by atoms with E-state index in [0.29, 0.717) is 41.7 Å². The number of hydrogen-bond acceptors (Lipinski definition) is 6. The second-order valence-electron chi connectivity index (χ2n) is 7.09. The van der Waals surface area contributed by atoms with Crippen LogP contribution in [0.5, 0.6) is 5.88 Å². The summed E-state index contributed by atoms with van der Waals surface area (Å²) in [5, 5.41) is 8.15. The van der Waals surface area contributed by atoms with Crippen molar-refractivity contribution in [1.82, 2.24) is 25.9 Å². The van der Waals surface area contributed by atoms with Crippen molar-refractivity contribution in [3.8, 4) is 17.1 Å². The summed E-state index contributed by atoms with van der Waals surface area (Å²) in [6.07, 6.45) is 0.953. The van der Waals surface area contributed by atoms with E-state index in [0.717, 1.165) is 12.0 Å². The van der Waals surface area contributed by atoms with Crippen LogP contribution in [0, 0.1) is 5.92 Å². The molecule has 1 aromatic heterocycles. The molecule has 7 heteroatoms. The number of hydrogen-bond donors (Lipinski definition) is 2. The number of benzene rings is 1. The van der Waals surface area contributed by atoms with Crippen LogP contribution in [0.25, 0.3) is 11.3 Å². The number of nitrogens with zero attached hydrogens (tertiary/aromatic N) is 3. The molecule has 0 saturated carbocycles. The van der Waals surface area contributed by atoms with Crippen LogP contribution in [0.15, 0.2) is 36.4 Å². The van der Waals surface area contributed by atoms with Gasteiger partial charge in [0.2, 0.25) is 5.88 Å². The van der Waals surface area contributed by atoms with E-state index in [4.69, 9.17) is 4.74 Å². The van der Waals surface area contributed by atoms with E-state index >= 15 is 0 Å². The summed E-state index contributed by atoms with van der Waals surface area (Å²) < 4.78 is 5.04. The molecular weight excluding hydrogens is 342 g/mol. The standard InChI is InChI=1S/C20H27N5O2/c1-13-17(14(2)22-21-13)10-11-25(3)20(26)16-7-5-6-15(12-16)18-8-9-19(27-4)24-23-18/h5-9,12-14,17,21-22H,10-11H2,1-4H3. The molecule has 144 valence electrons. The molecular formula is C20H27N5O2. The number of rotatable bonds is 6. The fourth-order valence-electron chi connectivity index (χ4n) is 3.47. The minimum absolute atomic E-state index is 0.0116. The Morgan fingerprint density at radius 3 is 2.52 bits per heavy atom. The van der Waals surface area contributed by atoms with Gasteiger partial charge in [-0.1, -0.05) is 12.1 Å². The number of aromatic nitrogens is 2. The van der Waals surface area contributed by atoms with Gasteiger partial charge in [-0.05, 0) is 44.4 Å². The van der Waals surface area contributed by atoms with Crippen LogP contribution >= 0.6 is 0 Å². The summed E-state index contributed by atoms with van der Waals surface area (Å²) in [5.41, 5.74) is 8.74. The highest BCUT2D eigenvalue weighted by Gasteiger charge is 2.29. The molecule has 0 aliphatic carbocycles. The predicted octanol–water partition coefficient (Wildman–Crippen LogP) is 2.12. The van der Waals surface area contributed by atoms with Crippen molar-refractivity contribution in [1.29, 1.82) is 0 Å². The molecule has 1 aliphatic heterocycles. The summed E-state index contributed by atoms with van der Waals surface area (Å²) in [6, 6.07) is 11.9. The van der Waals surface area contributed by atoms with Crippen LogP contribution in [0.4, 0.5) is 0 Å². The van der Waals surface area contributed by atoms with E-state index in [-0.39, 0.29) is 5.91 Å². The van der Waals surface area contributed by atoms with E-state index in [9.17, 15) is 4.79 Å². The molecule has 1 fully saturated rings. The number of carbonyl (C=O) groups excluding carboxylic acids is 1. The minimum atomic E-state index is 0.0116. The Morgan fingerprint density at radius 1 is 1.15 bits per heavy atom. The highest BCUT2D eigenvalue weighted by atomic mass is 16.5. The molecule has 2 N–H and O–H groups in total. The zero-order chi connectivity index (χ0) is 19.4. The molecule has 1 amide bonds. The van der Waals surface area contributed by atoms with Gasteiger partial charge in [0.1, 0.15) is 0 Å². The van der Waals surface area contributed by atoms with E-state index in [2.05, 4.69) is 34.9 Å².